The van der Waals surface area contributed by atoms with Gasteiger partial charge in [-0.15, -0.1) is 0 Å². The molecule has 1 saturated heterocycles. The summed E-state index contributed by atoms with van der Waals surface area (Å²) in [5, 5.41) is 3.18. The number of amides is 1. The molecule has 1 aliphatic rings. The number of rotatable bonds is 4. The molecule has 0 spiro atoms. The summed E-state index contributed by atoms with van der Waals surface area (Å²) in [6, 6.07) is 0.370. The van der Waals surface area contributed by atoms with Crippen LogP contribution in [0.2, 0.25) is 0 Å². The lowest BCUT2D eigenvalue weighted by Gasteiger charge is -2.16. The minimum Gasteiger partial charge on any atom is -0.380 e. The van der Waals surface area contributed by atoms with Crippen LogP contribution >= 0.6 is 0 Å². The van der Waals surface area contributed by atoms with E-state index < -0.39 is 0 Å². The molecule has 0 aromatic carbocycles. The molecule has 1 rings (SSSR count). The molecule has 4 nitrogen and oxygen atoms in total. The molecule has 1 heterocycles. The van der Waals surface area contributed by atoms with Crippen molar-refractivity contribution in [2.45, 2.75) is 19.4 Å². The first-order valence-corrected chi connectivity index (χ1v) is 4.79. The van der Waals surface area contributed by atoms with Crippen molar-refractivity contribution in [2.24, 2.45) is 0 Å². The lowest BCUT2D eigenvalue weighted by molar-refractivity contribution is -0.128. The minimum atomic E-state index is 0.148. The molecule has 0 saturated carbocycles. The molecule has 1 N–H and O–H groups in total. The van der Waals surface area contributed by atoms with Gasteiger partial charge in [-0.2, -0.15) is 0 Å². The molecule has 1 fully saturated rings. The monoisotopic (exact) mass is 186 g/mol. The molecule has 0 aliphatic carbocycles. The molecule has 0 aromatic rings. The summed E-state index contributed by atoms with van der Waals surface area (Å²) < 4.78 is 5.19. The summed E-state index contributed by atoms with van der Waals surface area (Å²) in [4.78, 5) is 13.1. The topological polar surface area (TPSA) is 41.6 Å². The summed E-state index contributed by atoms with van der Waals surface area (Å²) in [7, 11) is 1.81. The molecule has 76 valence electrons. The Kier molecular flexibility index (Phi) is 4.18. The minimum absolute atomic E-state index is 0.148. The largest absolute Gasteiger partial charge is 0.380 e. The number of likely N-dealkylation sites (N-methyl/N-ethyl adjacent to an activating group) is 1. The van der Waals surface area contributed by atoms with Crippen LogP contribution in [0.1, 0.15) is 13.3 Å². The maximum atomic E-state index is 11.4. The highest BCUT2D eigenvalue weighted by Gasteiger charge is 2.16. The Bertz CT molecular complexity index is 167. The van der Waals surface area contributed by atoms with E-state index in [9.17, 15) is 4.79 Å². The SMILES string of the molecule is CCN(C)C(=O)CNC1CCOC1. The molecule has 4 heteroatoms. The second-order valence-corrected chi connectivity index (χ2v) is 3.35. The van der Waals surface area contributed by atoms with Gasteiger partial charge < -0.3 is 15.0 Å². The van der Waals surface area contributed by atoms with E-state index in [0.717, 1.165) is 26.2 Å². The number of nitrogens with zero attached hydrogens (tertiary/aromatic N) is 1. The van der Waals surface area contributed by atoms with Gasteiger partial charge in [0.2, 0.25) is 5.91 Å². The zero-order valence-corrected chi connectivity index (χ0v) is 8.38. The third kappa shape index (κ3) is 3.32. The highest BCUT2D eigenvalue weighted by atomic mass is 16.5. The van der Waals surface area contributed by atoms with E-state index in [-0.39, 0.29) is 5.91 Å². The smallest absolute Gasteiger partial charge is 0.236 e. The zero-order valence-electron chi connectivity index (χ0n) is 8.38. The predicted octanol–water partition coefficient (Wildman–Crippen LogP) is -0.157. The van der Waals surface area contributed by atoms with Crippen LogP contribution in [-0.4, -0.2) is 50.2 Å². The molecular weight excluding hydrogens is 168 g/mol. The highest BCUT2D eigenvalue weighted by Crippen LogP contribution is 2.02. The molecule has 0 bridgehead atoms. The molecule has 0 radical (unpaired) electrons. The molecule has 1 amide bonds. The van der Waals surface area contributed by atoms with Gasteiger partial charge in [0.05, 0.1) is 13.2 Å². The molecule has 0 aromatic heterocycles. The Balaban J connectivity index is 2.13. The van der Waals surface area contributed by atoms with Crippen molar-refractivity contribution in [3.8, 4) is 0 Å². The number of nitrogens with one attached hydrogen (secondary N) is 1. The summed E-state index contributed by atoms with van der Waals surface area (Å²) >= 11 is 0. The summed E-state index contributed by atoms with van der Waals surface area (Å²) in [6.07, 6.45) is 1.02. The standard InChI is InChI=1S/C9H18N2O2/c1-3-11(2)9(12)6-10-8-4-5-13-7-8/h8,10H,3-7H2,1-2H3. The van der Waals surface area contributed by atoms with E-state index >= 15 is 0 Å². The van der Waals surface area contributed by atoms with Crippen LogP contribution in [0.25, 0.3) is 0 Å². The van der Waals surface area contributed by atoms with Gasteiger partial charge >= 0.3 is 0 Å². The molecule has 1 aliphatic heterocycles. The first-order chi connectivity index (χ1) is 6.24. The number of hydrogen-bond donors (Lipinski definition) is 1. The Morgan fingerprint density at radius 2 is 2.46 bits per heavy atom. The van der Waals surface area contributed by atoms with Crippen LogP contribution in [-0.2, 0) is 9.53 Å². The van der Waals surface area contributed by atoms with E-state index in [1.807, 2.05) is 14.0 Å². The molecule has 13 heavy (non-hydrogen) atoms. The normalized spacial score (nSPS) is 21.8. The predicted molar refractivity (Wildman–Crippen MR) is 50.5 cm³/mol. The second kappa shape index (κ2) is 5.19. The summed E-state index contributed by atoms with van der Waals surface area (Å²) in [5.41, 5.74) is 0. The summed E-state index contributed by atoms with van der Waals surface area (Å²) in [5.74, 6) is 0.148. The number of carbonyl (C=O) groups excluding carboxylic acids is 1. The van der Waals surface area contributed by atoms with Crippen LogP contribution in [0.5, 0.6) is 0 Å². The van der Waals surface area contributed by atoms with Crippen molar-refractivity contribution < 1.29 is 9.53 Å². The van der Waals surface area contributed by atoms with Gasteiger partial charge in [-0.05, 0) is 13.3 Å². The Hall–Kier alpha value is -0.610. The Morgan fingerprint density at radius 1 is 1.69 bits per heavy atom. The summed E-state index contributed by atoms with van der Waals surface area (Å²) in [6.45, 7) is 4.72. The zero-order chi connectivity index (χ0) is 9.68. The van der Waals surface area contributed by atoms with Gasteiger partial charge in [0.25, 0.3) is 0 Å². The van der Waals surface area contributed by atoms with E-state index in [2.05, 4.69) is 5.32 Å². The lowest BCUT2D eigenvalue weighted by Crippen LogP contribution is -2.40. The van der Waals surface area contributed by atoms with Crippen LogP contribution in [0.15, 0.2) is 0 Å². The van der Waals surface area contributed by atoms with E-state index in [4.69, 9.17) is 4.74 Å². The number of carbonyl (C=O) groups is 1. The van der Waals surface area contributed by atoms with E-state index in [1.165, 1.54) is 0 Å². The van der Waals surface area contributed by atoms with Crippen LogP contribution < -0.4 is 5.32 Å². The second-order valence-electron chi connectivity index (χ2n) is 3.35. The average Bonchev–Trinajstić information content (AvgIpc) is 2.65. The third-order valence-electron chi connectivity index (χ3n) is 2.37. The van der Waals surface area contributed by atoms with Gasteiger partial charge in [-0.25, -0.2) is 0 Å². The molecular formula is C9H18N2O2. The quantitative estimate of drug-likeness (QED) is 0.663. The van der Waals surface area contributed by atoms with Gasteiger partial charge in [0, 0.05) is 26.2 Å². The van der Waals surface area contributed by atoms with Crippen LogP contribution in [0, 0.1) is 0 Å². The fourth-order valence-corrected chi connectivity index (χ4v) is 1.24. The average molecular weight is 186 g/mol. The van der Waals surface area contributed by atoms with Crippen molar-refractivity contribution in [3.05, 3.63) is 0 Å². The first kappa shape index (κ1) is 10.5. The van der Waals surface area contributed by atoms with Gasteiger partial charge in [0.1, 0.15) is 0 Å². The fourth-order valence-electron chi connectivity index (χ4n) is 1.24. The fraction of sp³-hybridized carbons (Fsp3) is 0.889. The van der Waals surface area contributed by atoms with Crippen LogP contribution in [0.3, 0.4) is 0 Å². The van der Waals surface area contributed by atoms with Gasteiger partial charge in [0.15, 0.2) is 0 Å². The third-order valence-corrected chi connectivity index (χ3v) is 2.37. The van der Waals surface area contributed by atoms with Crippen LogP contribution in [0.4, 0.5) is 0 Å². The number of hydrogen-bond acceptors (Lipinski definition) is 3. The maximum absolute atomic E-state index is 11.4. The number of ether oxygens (including phenoxy) is 1. The van der Waals surface area contributed by atoms with Gasteiger partial charge in [-0.1, -0.05) is 0 Å². The van der Waals surface area contributed by atoms with Gasteiger partial charge in [-0.3, -0.25) is 4.79 Å². The lowest BCUT2D eigenvalue weighted by atomic mass is 10.2. The van der Waals surface area contributed by atoms with Crippen molar-refractivity contribution in [3.63, 3.8) is 0 Å². The molecule has 1 unspecified atom stereocenters. The van der Waals surface area contributed by atoms with Crippen molar-refractivity contribution in [2.75, 3.05) is 33.4 Å². The van der Waals surface area contributed by atoms with E-state index in [1.54, 1.807) is 4.90 Å². The van der Waals surface area contributed by atoms with Crippen molar-refractivity contribution >= 4 is 5.91 Å². The van der Waals surface area contributed by atoms with Crippen molar-refractivity contribution in [1.29, 1.82) is 0 Å². The van der Waals surface area contributed by atoms with Crippen molar-refractivity contribution in [1.82, 2.24) is 10.2 Å². The molecule has 1 atom stereocenters. The van der Waals surface area contributed by atoms with E-state index in [0.29, 0.717) is 12.6 Å². The maximum Gasteiger partial charge on any atom is 0.236 e. The Labute approximate surface area is 79.2 Å². The first-order valence-electron chi connectivity index (χ1n) is 4.79. The highest BCUT2D eigenvalue weighted by molar-refractivity contribution is 5.77. The Morgan fingerprint density at radius 3 is 3.00 bits per heavy atom.